The molecular weight excluding hydrogens is 352 g/mol. The third kappa shape index (κ3) is 4.40. The number of ether oxygens (including phenoxy) is 2. The number of rotatable bonds is 7. The number of morpholine rings is 1. The molecule has 1 fully saturated rings. The molecule has 146 valence electrons. The van der Waals surface area contributed by atoms with Crippen LogP contribution in [0.3, 0.4) is 0 Å². The topological polar surface area (TPSA) is 61.2 Å². The van der Waals surface area contributed by atoms with Crippen molar-refractivity contribution in [3.05, 3.63) is 71.8 Å². The number of hydrogen-bond donors (Lipinski definition) is 1. The van der Waals surface area contributed by atoms with Gasteiger partial charge in [-0.3, -0.25) is 0 Å². The molecule has 4 rings (SSSR count). The van der Waals surface area contributed by atoms with E-state index in [1.54, 1.807) is 7.11 Å². The fraction of sp³-hybridized carbons (Fsp3) is 0.364. The van der Waals surface area contributed by atoms with E-state index in [0.717, 1.165) is 55.6 Å². The highest BCUT2D eigenvalue weighted by Crippen LogP contribution is 2.23. The van der Waals surface area contributed by atoms with Crippen LogP contribution in [0.25, 0.3) is 5.69 Å². The second-order valence-electron chi connectivity index (χ2n) is 6.91. The first-order valence-corrected chi connectivity index (χ1v) is 9.78. The first-order chi connectivity index (χ1) is 13.8. The third-order valence-electron chi connectivity index (χ3n) is 4.93. The molecule has 3 aromatic rings. The summed E-state index contributed by atoms with van der Waals surface area (Å²) in [4.78, 5) is 4.86. The van der Waals surface area contributed by atoms with Crippen molar-refractivity contribution < 1.29 is 9.47 Å². The number of benzene rings is 2. The first kappa shape index (κ1) is 18.7. The molecule has 0 spiro atoms. The molecule has 0 amide bonds. The average Bonchev–Trinajstić information content (AvgIpc) is 3.16. The van der Waals surface area contributed by atoms with Gasteiger partial charge in [-0.25, -0.2) is 9.67 Å². The van der Waals surface area contributed by atoms with E-state index in [1.807, 2.05) is 35.0 Å². The van der Waals surface area contributed by atoms with Gasteiger partial charge in [-0.05, 0) is 24.1 Å². The van der Waals surface area contributed by atoms with E-state index in [-0.39, 0.29) is 6.10 Å². The summed E-state index contributed by atoms with van der Waals surface area (Å²) in [5.74, 6) is 2.53. The molecule has 0 radical (unpaired) electrons. The Kier molecular flexibility index (Phi) is 5.99. The SMILES string of the molecule is COc1ccccc1-n1nc(CCc2ccccc2)nc1C[C@H]1CNCCO1. The van der Waals surface area contributed by atoms with Crippen LogP contribution in [0.15, 0.2) is 54.6 Å². The second kappa shape index (κ2) is 8.99. The van der Waals surface area contributed by atoms with Crippen LogP contribution in [0, 0.1) is 0 Å². The van der Waals surface area contributed by atoms with Crippen molar-refractivity contribution in [3.8, 4) is 11.4 Å². The van der Waals surface area contributed by atoms with Gasteiger partial charge in [-0.1, -0.05) is 42.5 Å². The zero-order valence-corrected chi connectivity index (χ0v) is 16.2. The zero-order chi connectivity index (χ0) is 19.2. The van der Waals surface area contributed by atoms with Gasteiger partial charge in [0, 0.05) is 25.9 Å². The Balaban J connectivity index is 1.61. The van der Waals surface area contributed by atoms with E-state index in [4.69, 9.17) is 19.6 Å². The van der Waals surface area contributed by atoms with Crippen molar-refractivity contribution in [2.45, 2.75) is 25.4 Å². The highest BCUT2D eigenvalue weighted by atomic mass is 16.5. The number of methoxy groups -OCH3 is 1. The Morgan fingerprint density at radius 2 is 1.93 bits per heavy atom. The van der Waals surface area contributed by atoms with E-state index < -0.39 is 0 Å². The smallest absolute Gasteiger partial charge is 0.151 e. The largest absolute Gasteiger partial charge is 0.494 e. The minimum atomic E-state index is 0.105. The minimum absolute atomic E-state index is 0.105. The summed E-state index contributed by atoms with van der Waals surface area (Å²) in [6, 6.07) is 18.4. The maximum absolute atomic E-state index is 5.89. The predicted molar refractivity (Wildman–Crippen MR) is 108 cm³/mol. The Hall–Kier alpha value is -2.70. The lowest BCUT2D eigenvalue weighted by Gasteiger charge is -2.23. The molecule has 2 aromatic carbocycles. The van der Waals surface area contributed by atoms with Gasteiger partial charge in [0.15, 0.2) is 5.82 Å². The summed E-state index contributed by atoms with van der Waals surface area (Å²) in [6.07, 6.45) is 2.53. The Morgan fingerprint density at radius 1 is 1.11 bits per heavy atom. The standard InChI is InChI=1S/C22H26N4O2/c1-27-20-10-6-5-9-19(20)26-22(15-18-16-23-13-14-28-18)24-21(25-26)12-11-17-7-3-2-4-8-17/h2-10,18,23H,11-16H2,1H3/t18-/m0/s1. The molecule has 1 atom stereocenters. The highest BCUT2D eigenvalue weighted by Gasteiger charge is 2.21. The zero-order valence-electron chi connectivity index (χ0n) is 16.2. The Labute approximate surface area is 165 Å². The minimum Gasteiger partial charge on any atom is -0.494 e. The van der Waals surface area contributed by atoms with Crippen LogP contribution in [-0.4, -0.2) is 47.7 Å². The van der Waals surface area contributed by atoms with E-state index in [9.17, 15) is 0 Å². The molecule has 0 bridgehead atoms. The van der Waals surface area contributed by atoms with Gasteiger partial charge in [0.2, 0.25) is 0 Å². The van der Waals surface area contributed by atoms with Gasteiger partial charge in [0.05, 0.1) is 19.8 Å². The van der Waals surface area contributed by atoms with E-state index in [0.29, 0.717) is 6.42 Å². The van der Waals surface area contributed by atoms with Crippen molar-refractivity contribution in [1.82, 2.24) is 20.1 Å². The lowest BCUT2D eigenvalue weighted by molar-refractivity contribution is 0.0277. The van der Waals surface area contributed by atoms with E-state index in [1.165, 1.54) is 5.56 Å². The lowest BCUT2D eigenvalue weighted by Crippen LogP contribution is -2.40. The number of nitrogens with zero attached hydrogens (tertiary/aromatic N) is 3. The van der Waals surface area contributed by atoms with Crippen molar-refractivity contribution in [2.75, 3.05) is 26.8 Å². The van der Waals surface area contributed by atoms with E-state index in [2.05, 4.69) is 29.6 Å². The molecule has 6 nitrogen and oxygen atoms in total. The quantitative estimate of drug-likeness (QED) is 0.685. The average molecular weight is 378 g/mol. The van der Waals surface area contributed by atoms with Crippen LogP contribution in [0.1, 0.15) is 17.2 Å². The normalized spacial score (nSPS) is 16.8. The number of nitrogens with one attached hydrogen (secondary N) is 1. The van der Waals surface area contributed by atoms with Crippen LogP contribution in [-0.2, 0) is 24.0 Å². The third-order valence-corrected chi connectivity index (χ3v) is 4.93. The van der Waals surface area contributed by atoms with Crippen LogP contribution >= 0.6 is 0 Å². The molecule has 1 aromatic heterocycles. The van der Waals surface area contributed by atoms with Crippen molar-refractivity contribution >= 4 is 0 Å². The number of aryl methyl sites for hydroxylation is 2. The van der Waals surface area contributed by atoms with Gasteiger partial charge < -0.3 is 14.8 Å². The van der Waals surface area contributed by atoms with Gasteiger partial charge in [0.25, 0.3) is 0 Å². The summed E-state index contributed by atoms with van der Waals surface area (Å²) >= 11 is 0. The lowest BCUT2D eigenvalue weighted by atomic mass is 10.1. The molecule has 1 aliphatic rings. The van der Waals surface area contributed by atoms with E-state index >= 15 is 0 Å². The fourth-order valence-corrected chi connectivity index (χ4v) is 3.48. The summed E-state index contributed by atoms with van der Waals surface area (Å²) in [5.41, 5.74) is 2.19. The monoisotopic (exact) mass is 378 g/mol. The van der Waals surface area contributed by atoms with Crippen molar-refractivity contribution in [1.29, 1.82) is 0 Å². The summed E-state index contributed by atoms with van der Waals surface area (Å²) in [7, 11) is 1.68. The highest BCUT2D eigenvalue weighted by molar-refractivity contribution is 5.46. The molecule has 1 aliphatic heterocycles. The number of aromatic nitrogens is 3. The van der Waals surface area contributed by atoms with Gasteiger partial charge in [-0.2, -0.15) is 5.10 Å². The first-order valence-electron chi connectivity index (χ1n) is 9.78. The predicted octanol–water partition coefficient (Wildman–Crippen LogP) is 2.59. The van der Waals surface area contributed by atoms with Gasteiger partial charge in [0.1, 0.15) is 17.3 Å². The van der Waals surface area contributed by atoms with Crippen LogP contribution in [0.5, 0.6) is 5.75 Å². The van der Waals surface area contributed by atoms with Gasteiger partial charge >= 0.3 is 0 Å². The molecule has 0 unspecified atom stereocenters. The Morgan fingerprint density at radius 3 is 2.71 bits per heavy atom. The van der Waals surface area contributed by atoms with Crippen LogP contribution in [0.4, 0.5) is 0 Å². The van der Waals surface area contributed by atoms with Crippen LogP contribution in [0.2, 0.25) is 0 Å². The molecule has 6 heteroatoms. The maximum Gasteiger partial charge on any atom is 0.151 e. The fourth-order valence-electron chi connectivity index (χ4n) is 3.48. The van der Waals surface area contributed by atoms with Crippen LogP contribution < -0.4 is 10.1 Å². The number of hydrogen-bond acceptors (Lipinski definition) is 5. The van der Waals surface area contributed by atoms with Crippen molar-refractivity contribution in [2.24, 2.45) is 0 Å². The number of para-hydroxylation sites is 2. The van der Waals surface area contributed by atoms with Crippen molar-refractivity contribution in [3.63, 3.8) is 0 Å². The molecule has 1 saturated heterocycles. The Bertz CT molecular complexity index is 889. The molecule has 0 aliphatic carbocycles. The summed E-state index contributed by atoms with van der Waals surface area (Å²) < 4.78 is 13.4. The molecule has 0 saturated carbocycles. The molecule has 2 heterocycles. The molecule has 28 heavy (non-hydrogen) atoms. The summed E-state index contributed by atoms with van der Waals surface area (Å²) in [5, 5.41) is 8.20. The molecular formula is C22H26N4O2. The maximum atomic E-state index is 5.89. The van der Waals surface area contributed by atoms with Gasteiger partial charge in [-0.15, -0.1) is 0 Å². The summed E-state index contributed by atoms with van der Waals surface area (Å²) in [6.45, 7) is 2.46. The molecule has 1 N–H and O–H groups in total. The second-order valence-corrected chi connectivity index (χ2v) is 6.91.